The highest BCUT2D eigenvalue weighted by Gasteiger charge is 2.37. The van der Waals surface area contributed by atoms with E-state index in [0.29, 0.717) is 6.61 Å². The molecule has 35 heavy (non-hydrogen) atoms. The molecule has 0 spiro atoms. The van der Waals surface area contributed by atoms with Crippen LogP contribution in [-0.2, 0) is 29.4 Å². The van der Waals surface area contributed by atoms with Gasteiger partial charge in [-0.25, -0.2) is 19.4 Å². The van der Waals surface area contributed by atoms with Gasteiger partial charge in [0.2, 0.25) is 0 Å². The Hall–Kier alpha value is -4.10. The molecule has 2 aromatic heterocycles. The van der Waals surface area contributed by atoms with E-state index in [1.807, 2.05) is 6.92 Å². The molecule has 2 heterocycles. The Morgan fingerprint density at radius 2 is 2.09 bits per heavy atom. The van der Waals surface area contributed by atoms with E-state index in [9.17, 15) is 18.0 Å². The maximum absolute atomic E-state index is 13.8. The SMILES string of the molecule is CCCCOC(=O)Nc1ccnc(CON=Cc2ccc(C)c(C(F)(F)F)c2-c2nnnn2C)n1. The summed E-state index contributed by atoms with van der Waals surface area (Å²) in [6, 6.07) is 4.27. The van der Waals surface area contributed by atoms with Gasteiger partial charge < -0.3 is 9.57 Å². The molecule has 14 heteroatoms. The Balaban J connectivity index is 1.74. The molecule has 1 aromatic carbocycles. The second kappa shape index (κ2) is 11.4. The highest BCUT2D eigenvalue weighted by molar-refractivity contribution is 5.90. The van der Waals surface area contributed by atoms with Crippen molar-refractivity contribution in [3.63, 3.8) is 0 Å². The third kappa shape index (κ3) is 6.71. The van der Waals surface area contributed by atoms with Crippen molar-refractivity contribution in [2.24, 2.45) is 12.2 Å². The zero-order valence-corrected chi connectivity index (χ0v) is 19.2. The Morgan fingerprint density at radius 3 is 2.77 bits per heavy atom. The molecule has 0 aliphatic rings. The van der Waals surface area contributed by atoms with Crippen molar-refractivity contribution >= 4 is 18.1 Å². The fourth-order valence-electron chi connectivity index (χ4n) is 3.06. The van der Waals surface area contributed by atoms with Crippen LogP contribution < -0.4 is 5.32 Å². The lowest BCUT2D eigenvalue weighted by molar-refractivity contribution is -0.137. The number of aromatic nitrogens is 6. The second-order valence-electron chi connectivity index (χ2n) is 7.33. The number of aryl methyl sites for hydroxylation is 2. The van der Waals surface area contributed by atoms with Gasteiger partial charge in [-0.15, -0.1) is 5.10 Å². The van der Waals surface area contributed by atoms with Gasteiger partial charge in [-0.1, -0.05) is 30.6 Å². The quantitative estimate of drug-likeness (QED) is 0.271. The minimum absolute atomic E-state index is 0.0134. The molecule has 0 aliphatic carbocycles. The first-order chi connectivity index (χ1) is 16.7. The number of carbonyl (C=O) groups excluding carboxylic acids is 1. The maximum Gasteiger partial charge on any atom is 0.417 e. The fraction of sp³-hybridized carbons (Fsp3) is 0.381. The smallest absolute Gasteiger partial charge is 0.417 e. The first-order valence-electron chi connectivity index (χ1n) is 10.5. The average molecular weight is 492 g/mol. The number of oxime groups is 1. The zero-order valence-electron chi connectivity index (χ0n) is 19.2. The van der Waals surface area contributed by atoms with Gasteiger partial charge in [-0.3, -0.25) is 5.32 Å². The van der Waals surface area contributed by atoms with Crippen molar-refractivity contribution in [1.29, 1.82) is 0 Å². The number of ether oxygens (including phenoxy) is 1. The lowest BCUT2D eigenvalue weighted by atomic mass is 9.96. The summed E-state index contributed by atoms with van der Waals surface area (Å²) in [4.78, 5) is 25.1. The van der Waals surface area contributed by atoms with E-state index in [-0.39, 0.29) is 40.8 Å². The van der Waals surface area contributed by atoms with Crippen LogP contribution in [-0.4, -0.2) is 49.1 Å². The predicted molar refractivity (Wildman–Crippen MR) is 118 cm³/mol. The number of nitrogens with one attached hydrogen (secondary N) is 1. The molecule has 0 radical (unpaired) electrons. The largest absolute Gasteiger partial charge is 0.449 e. The molecule has 0 aliphatic heterocycles. The Kier molecular flexibility index (Phi) is 8.28. The molecular formula is C21H23F3N8O3. The van der Waals surface area contributed by atoms with Gasteiger partial charge >= 0.3 is 12.3 Å². The highest BCUT2D eigenvalue weighted by atomic mass is 19.4. The van der Waals surface area contributed by atoms with Crippen LogP contribution in [0.25, 0.3) is 11.4 Å². The van der Waals surface area contributed by atoms with Gasteiger partial charge in [-0.2, -0.15) is 13.2 Å². The summed E-state index contributed by atoms with van der Waals surface area (Å²) >= 11 is 0. The van der Waals surface area contributed by atoms with Crippen LogP contribution in [0.3, 0.4) is 0 Å². The van der Waals surface area contributed by atoms with Gasteiger partial charge in [0.15, 0.2) is 18.3 Å². The summed E-state index contributed by atoms with van der Waals surface area (Å²) in [5, 5.41) is 17.0. The highest BCUT2D eigenvalue weighted by Crippen LogP contribution is 2.39. The third-order valence-electron chi connectivity index (χ3n) is 4.70. The number of unbranched alkanes of at least 4 members (excludes halogenated alkanes) is 1. The number of halogens is 3. The molecule has 0 saturated carbocycles. The summed E-state index contributed by atoms with van der Waals surface area (Å²) in [5.41, 5.74) is -0.972. The molecule has 0 atom stereocenters. The third-order valence-corrected chi connectivity index (χ3v) is 4.70. The number of nitrogens with zero attached hydrogens (tertiary/aromatic N) is 7. The van der Waals surface area contributed by atoms with Gasteiger partial charge in [0, 0.05) is 24.4 Å². The Bertz CT molecular complexity index is 1200. The Morgan fingerprint density at radius 1 is 1.29 bits per heavy atom. The van der Waals surface area contributed by atoms with Gasteiger partial charge in [0.05, 0.1) is 18.4 Å². The number of amides is 1. The predicted octanol–water partition coefficient (Wildman–Crippen LogP) is 3.89. The lowest BCUT2D eigenvalue weighted by Gasteiger charge is -2.16. The van der Waals surface area contributed by atoms with E-state index in [4.69, 9.17) is 9.57 Å². The number of hydrogen-bond acceptors (Lipinski definition) is 9. The summed E-state index contributed by atoms with van der Waals surface area (Å²) in [6.07, 6.45) is -1.12. The number of alkyl halides is 3. The zero-order chi connectivity index (χ0) is 25.4. The van der Waals surface area contributed by atoms with Crippen molar-refractivity contribution in [3.8, 4) is 11.4 Å². The number of tetrazole rings is 1. The number of benzene rings is 1. The number of rotatable bonds is 9. The average Bonchev–Trinajstić information content (AvgIpc) is 3.22. The number of carbonyl (C=O) groups is 1. The standard InChI is InChI=1S/C21H23F3N8O3/c1-4-5-10-34-20(33)28-15-8-9-25-16(27-15)12-35-26-11-14-7-6-13(2)18(21(22,23)24)17(14)19-29-30-31-32(19)3/h6-9,11H,4-5,10,12H2,1-3H3,(H,25,27,28,33). The van der Waals surface area contributed by atoms with Crippen molar-refractivity contribution in [1.82, 2.24) is 30.2 Å². The van der Waals surface area contributed by atoms with E-state index in [1.165, 1.54) is 38.4 Å². The minimum Gasteiger partial charge on any atom is -0.449 e. The molecular weight excluding hydrogens is 469 g/mol. The van der Waals surface area contributed by atoms with Crippen molar-refractivity contribution in [2.75, 3.05) is 11.9 Å². The van der Waals surface area contributed by atoms with E-state index in [2.05, 4.69) is 36.0 Å². The van der Waals surface area contributed by atoms with Crippen molar-refractivity contribution in [2.45, 2.75) is 39.5 Å². The van der Waals surface area contributed by atoms with Crippen LogP contribution in [0.1, 0.15) is 42.3 Å². The summed E-state index contributed by atoms with van der Waals surface area (Å²) in [6.45, 7) is 3.42. The molecule has 3 aromatic rings. The van der Waals surface area contributed by atoms with Crippen LogP contribution in [0.15, 0.2) is 29.6 Å². The molecule has 0 unspecified atom stereocenters. The first kappa shape index (κ1) is 25.5. The lowest BCUT2D eigenvalue weighted by Crippen LogP contribution is -2.16. The van der Waals surface area contributed by atoms with Gasteiger partial charge in [-0.05, 0) is 35.4 Å². The van der Waals surface area contributed by atoms with Crippen LogP contribution >= 0.6 is 0 Å². The molecule has 0 bridgehead atoms. The van der Waals surface area contributed by atoms with E-state index < -0.39 is 17.8 Å². The molecule has 186 valence electrons. The minimum atomic E-state index is -4.64. The van der Waals surface area contributed by atoms with Crippen LogP contribution in [0.4, 0.5) is 23.8 Å². The van der Waals surface area contributed by atoms with Crippen molar-refractivity contribution < 1.29 is 27.5 Å². The monoisotopic (exact) mass is 492 g/mol. The summed E-state index contributed by atoms with van der Waals surface area (Å²) < 4.78 is 47.6. The molecule has 0 fully saturated rings. The number of hydrogen-bond donors (Lipinski definition) is 1. The van der Waals surface area contributed by atoms with E-state index >= 15 is 0 Å². The maximum atomic E-state index is 13.8. The molecule has 1 N–H and O–H groups in total. The van der Waals surface area contributed by atoms with Gasteiger partial charge in [0.25, 0.3) is 0 Å². The molecule has 11 nitrogen and oxygen atoms in total. The summed E-state index contributed by atoms with van der Waals surface area (Å²) in [5.74, 6) is 0.316. The normalized spacial score (nSPS) is 11.6. The second-order valence-corrected chi connectivity index (χ2v) is 7.33. The number of anilines is 1. The van der Waals surface area contributed by atoms with E-state index in [1.54, 1.807) is 0 Å². The molecule has 0 saturated heterocycles. The molecule has 3 rings (SSSR count). The van der Waals surface area contributed by atoms with Gasteiger partial charge in [0.1, 0.15) is 5.82 Å². The van der Waals surface area contributed by atoms with Crippen LogP contribution in [0.5, 0.6) is 0 Å². The van der Waals surface area contributed by atoms with Crippen LogP contribution in [0.2, 0.25) is 0 Å². The Labute approximate surface area is 198 Å². The summed E-state index contributed by atoms with van der Waals surface area (Å²) in [7, 11) is 1.44. The molecule has 1 amide bonds. The van der Waals surface area contributed by atoms with Crippen molar-refractivity contribution in [3.05, 3.63) is 46.9 Å². The first-order valence-corrected chi connectivity index (χ1v) is 10.5. The topological polar surface area (TPSA) is 129 Å². The van der Waals surface area contributed by atoms with Crippen LogP contribution in [0, 0.1) is 6.92 Å². The fourth-order valence-corrected chi connectivity index (χ4v) is 3.06. The van der Waals surface area contributed by atoms with E-state index in [0.717, 1.165) is 23.7 Å².